The first-order valence-corrected chi connectivity index (χ1v) is 6.66. The van der Waals surface area contributed by atoms with E-state index in [0.717, 1.165) is 13.0 Å². The zero-order valence-corrected chi connectivity index (χ0v) is 11.7. The Hall–Kier alpha value is -1.63. The average molecular weight is 267 g/mol. The van der Waals surface area contributed by atoms with Gasteiger partial charge in [-0.1, -0.05) is 20.3 Å². The van der Waals surface area contributed by atoms with Crippen molar-refractivity contribution in [1.29, 1.82) is 0 Å². The third-order valence-electron chi connectivity index (χ3n) is 3.70. The summed E-state index contributed by atoms with van der Waals surface area (Å²) in [4.78, 5) is 13.0. The topological polar surface area (TPSA) is 90.2 Å². The van der Waals surface area contributed by atoms with Gasteiger partial charge in [0, 0.05) is 26.2 Å². The van der Waals surface area contributed by atoms with Crippen LogP contribution in [0.15, 0.2) is 0 Å². The number of hydrogen-bond donors (Lipinski definition) is 1. The fraction of sp³-hybridized carbons (Fsp3) is 0.750. The molecule has 2 rings (SSSR count). The van der Waals surface area contributed by atoms with Crippen LogP contribution in [0.3, 0.4) is 0 Å². The lowest BCUT2D eigenvalue weighted by Crippen LogP contribution is -2.29. The summed E-state index contributed by atoms with van der Waals surface area (Å²) in [7, 11) is 1.76. The van der Waals surface area contributed by atoms with Crippen LogP contribution in [0, 0.1) is 16.0 Å². The normalized spacial score (nSPS) is 23.1. The van der Waals surface area contributed by atoms with Gasteiger partial charge in [-0.05, 0) is 12.3 Å². The van der Waals surface area contributed by atoms with E-state index in [4.69, 9.17) is 5.73 Å². The van der Waals surface area contributed by atoms with E-state index in [9.17, 15) is 10.1 Å². The molecular formula is C12H21N5O2. The van der Waals surface area contributed by atoms with Gasteiger partial charge in [0.2, 0.25) is 5.82 Å². The number of nitro groups is 1. The third kappa shape index (κ3) is 2.42. The Morgan fingerprint density at radius 1 is 1.53 bits per heavy atom. The molecule has 2 heterocycles. The highest BCUT2D eigenvalue weighted by molar-refractivity contribution is 5.62. The van der Waals surface area contributed by atoms with E-state index < -0.39 is 0 Å². The second-order valence-corrected chi connectivity index (χ2v) is 5.30. The number of anilines is 1. The number of nitrogens with two attached hydrogens (primary N) is 1. The second kappa shape index (κ2) is 5.16. The molecule has 1 aliphatic rings. The molecule has 0 radical (unpaired) electrons. The van der Waals surface area contributed by atoms with Gasteiger partial charge in [0.15, 0.2) is 0 Å². The van der Waals surface area contributed by atoms with Crippen LogP contribution in [0.1, 0.15) is 26.0 Å². The zero-order valence-electron chi connectivity index (χ0n) is 11.7. The van der Waals surface area contributed by atoms with Gasteiger partial charge < -0.3 is 10.6 Å². The van der Waals surface area contributed by atoms with Crippen LogP contribution >= 0.6 is 0 Å². The minimum atomic E-state index is -0.318. The quantitative estimate of drug-likeness (QED) is 0.650. The Morgan fingerprint density at radius 2 is 2.21 bits per heavy atom. The van der Waals surface area contributed by atoms with E-state index in [1.165, 1.54) is 0 Å². The van der Waals surface area contributed by atoms with Crippen molar-refractivity contribution in [2.45, 2.75) is 32.7 Å². The number of nitrogens with zero attached hydrogens (tertiary/aromatic N) is 4. The molecule has 19 heavy (non-hydrogen) atoms. The first kappa shape index (κ1) is 13.8. The molecule has 0 bridgehead atoms. The van der Waals surface area contributed by atoms with Crippen LogP contribution in [0.25, 0.3) is 0 Å². The van der Waals surface area contributed by atoms with Crippen molar-refractivity contribution in [3.8, 4) is 0 Å². The Bertz CT molecular complexity index is 475. The first-order chi connectivity index (χ1) is 8.95. The molecule has 2 N–H and O–H groups in total. The maximum atomic E-state index is 11.3. The number of aromatic nitrogens is 2. The minimum Gasteiger partial charge on any atom is -0.349 e. The largest absolute Gasteiger partial charge is 0.349 e. The maximum absolute atomic E-state index is 11.3. The third-order valence-corrected chi connectivity index (χ3v) is 3.70. The summed E-state index contributed by atoms with van der Waals surface area (Å²) in [5, 5.41) is 15.7. The summed E-state index contributed by atoms with van der Waals surface area (Å²) >= 11 is 0. The maximum Gasteiger partial charge on any atom is 0.334 e. The molecule has 1 aliphatic heterocycles. The number of aryl methyl sites for hydroxylation is 2. The molecule has 0 saturated carbocycles. The van der Waals surface area contributed by atoms with E-state index in [1.807, 2.05) is 11.8 Å². The summed E-state index contributed by atoms with van der Waals surface area (Å²) in [5.74, 6) is 0.928. The van der Waals surface area contributed by atoms with Crippen molar-refractivity contribution < 1.29 is 4.92 Å². The Labute approximate surface area is 112 Å². The van der Waals surface area contributed by atoms with Crippen molar-refractivity contribution in [2.24, 2.45) is 18.7 Å². The number of hydrogen-bond acceptors (Lipinski definition) is 5. The van der Waals surface area contributed by atoms with Crippen molar-refractivity contribution >= 4 is 11.5 Å². The fourth-order valence-electron chi connectivity index (χ4n) is 2.67. The van der Waals surface area contributed by atoms with E-state index in [-0.39, 0.29) is 16.7 Å². The summed E-state index contributed by atoms with van der Waals surface area (Å²) in [6, 6.07) is 0.0594. The second-order valence-electron chi connectivity index (χ2n) is 5.30. The zero-order chi connectivity index (χ0) is 14.2. The molecule has 7 heteroatoms. The van der Waals surface area contributed by atoms with Crippen molar-refractivity contribution in [1.82, 2.24) is 9.78 Å². The lowest BCUT2D eigenvalue weighted by molar-refractivity contribution is -0.384. The standard InChI is InChI=1S/C12H21N5O2/c1-4-5-10-11(17(18)19)12(15(3)14-10)16-6-8(2)9(13)7-16/h8-9H,4-7,13H2,1-3H3. The Kier molecular flexibility index (Phi) is 3.75. The summed E-state index contributed by atoms with van der Waals surface area (Å²) < 4.78 is 1.62. The molecule has 106 valence electrons. The molecule has 1 aromatic rings. The van der Waals surface area contributed by atoms with E-state index in [0.29, 0.717) is 30.4 Å². The molecule has 1 fully saturated rings. The van der Waals surface area contributed by atoms with Crippen molar-refractivity contribution in [2.75, 3.05) is 18.0 Å². The van der Waals surface area contributed by atoms with Gasteiger partial charge in [-0.25, -0.2) is 4.68 Å². The van der Waals surface area contributed by atoms with Crippen molar-refractivity contribution in [3.05, 3.63) is 15.8 Å². The van der Waals surface area contributed by atoms with Gasteiger partial charge in [-0.3, -0.25) is 10.1 Å². The summed E-state index contributed by atoms with van der Waals surface area (Å²) in [6.45, 7) is 5.45. The molecule has 2 atom stereocenters. The highest BCUT2D eigenvalue weighted by Gasteiger charge is 2.35. The Balaban J connectivity index is 2.42. The van der Waals surface area contributed by atoms with Gasteiger partial charge in [0.25, 0.3) is 0 Å². The molecule has 0 amide bonds. The lowest BCUT2D eigenvalue weighted by atomic mass is 10.1. The molecular weight excluding hydrogens is 246 g/mol. The summed E-state index contributed by atoms with van der Waals surface area (Å²) in [5.41, 5.74) is 6.72. The summed E-state index contributed by atoms with van der Waals surface area (Å²) in [6.07, 6.45) is 1.47. The van der Waals surface area contributed by atoms with Crippen LogP contribution in [0.5, 0.6) is 0 Å². The van der Waals surface area contributed by atoms with Crippen LogP contribution in [0.4, 0.5) is 11.5 Å². The van der Waals surface area contributed by atoms with Gasteiger partial charge >= 0.3 is 5.69 Å². The predicted molar refractivity (Wildman–Crippen MR) is 73.2 cm³/mol. The molecule has 1 saturated heterocycles. The van der Waals surface area contributed by atoms with Crippen LogP contribution in [-0.2, 0) is 13.5 Å². The van der Waals surface area contributed by atoms with E-state index in [1.54, 1.807) is 11.7 Å². The Morgan fingerprint density at radius 3 is 2.68 bits per heavy atom. The molecule has 0 aliphatic carbocycles. The minimum absolute atomic E-state index is 0.0594. The van der Waals surface area contributed by atoms with Gasteiger partial charge in [0.05, 0.1) is 4.92 Å². The first-order valence-electron chi connectivity index (χ1n) is 6.66. The fourth-order valence-corrected chi connectivity index (χ4v) is 2.67. The SMILES string of the molecule is CCCc1nn(C)c(N2CC(C)C(N)C2)c1[N+](=O)[O-]. The monoisotopic (exact) mass is 267 g/mol. The predicted octanol–water partition coefficient (Wildman–Crippen LogP) is 1.06. The highest BCUT2D eigenvalue weighted by Crippen LogP contribution is 2.34. The van der Waals surface area contributed by atoms with Crippen molar-refractivity contribution in [3.63, 3.8) is 0 Å². The van der Waals surface area contributed by atoms with Crippen LogP contribution < -0.4 is 10.6 Å². The molecule has 1 aromatic heterocycles. The smallest absolute Gasteiger partial charge is 0.334 e. The highest BCUT2D eigenvalue weighted by atomic mass is 16.6. The lowest BCUT2D eigenvalue weighted by Gasteiger charge is -2.16. The molecule has 0 aromatic carbocycles. The molecule has 0 spiro atoms. The van der Waals surface area contributed by atoms with Gasteiger partial charge in [0.1, 0.15) is 5.69 Å². The average Bonchev–Trinajstić information content (AvgIpc) is 2.81. The van der Waals surface area contributed by atoms with E-state index >= 15 is 0 Å². The molecule has 7 nitrogen and oxygen atoms in total. The van der Waals surface area contributed by atoms with Crippen LogP contribution in [-0.4, -0.2) is 33.8 Å². The van der Waals surface area contributed by atoms with Gasteiger partial charge in [-0.15, -0.1) is 0 Å². The van der Waals surface area contributed by atoms with Crippen LogP contribution in [0.2, 0.25) is 0 Å². The molecule has 2 unspecified atom stereocenters. The van der Waals surface area contributed by atoms with E-state index in [2.05, 4.69) is 12.0 Å². The van der Waals surface area contributed by atoms with Gasteiger partial charge in [-0.2, -0.15) is 5.10 Å². The number of rotatable bonds is 4.